The Hall–Kier alpha value is -3.13. The smallest absolute Gasteiger partial charge is 0.264 e. The SMILES string of the molecule is COc1ccc(OCC(=O)NC(=S)NNC(=O)CCc2ccccc2)cc1. The third kappa shape index (κ3) is 7.74. The molecule has 2 amide bonds. The fourth-order valence-electron chi connectivity index (χ4n) is 2.11. The molecule has 0 spiro atoms. The Kier molecular flexibility index (Phi) is 8.05. The summed E-state index contributed by atoms with van der Waals surface area (Å²) in [5.74, 6) is 0.547. The minimum atomic E-state index is -0.443. The molecule has 3 N–H and O–H groups in total. The van der Waals surface area contributed by atoms with Gasteiger partial charge in [0.05, 0.1) is 7.11 Å². The van der Waals surface area contributed by atoms with Crippen LogP contribution in [0.25, 0.3) is 0 Å². The highest BCUT2D eigenvalue weighted by Crippen LogP contribution is 2.16. The van der Waals surface area contributed by atoms with Crippen molar-refractivity contribution in [1.82, 2.24) is 16.2 Å². The molecule has 0 aliphatic carbocycles. The Morgan fingerprint density at radius 2 is 1.59 bits per heavy atom. The average molecular weight is 387 g/mol. The third-order valence-electron chi connectivity index (χ3n) is 3.48. The lowest BCUT2D eigenvalue weighted by atomic mass is 10.1. The molecule has 0 heterocycles. The van der Waals surface area contributed by atoms with Gasteiger partial charge in [-0.3, -0.25) is 25.8 Å². The van der Waals surface area contributed by atoms with Crippen LogP contribution in [0.5, 0.6) is 11.5 Å². The molecule has 0 radical (unpaired) electrons. The standard InChI is InChI=1S/C19H21N3O4S/c1-25-15-8-10-16(11-9-15)26-13-18(24)20-19(27)22-21-17(23)12-7-14-5-3-2-4-6-14/h2-6,8-11H,7,12-13H2,1H3,(H,21,23)(H2,20,22,24,27). The fourth-order valence-corrected chi connectivity index (χ4v) is 2.27. The van der Waals surface area contributed by atoms with Gasteiger partial charge >= 0.3 is 0 Å². The Labute approximate surface area is 163 Å². The fraction of sp³-hybridized carbons (Fsp3) is 0.211. The Balaban J connectivity index is 1.62. The van der Waals surface area contributed by atoms with E-state index in [1.807, 2.05) is 30.3 Å². The van der Waals surface area contributed by atoms with Crippen LogP contribution < -0.4 is 25.6 Å². The first-order valence-corrected chi connectivity index (χ1v) is 8.67. The first-order chi connectivity index (χ1) is 13.1. The van der Waals surface area contributed by atoms with E-state index < -0.39 is 5.91 Å². The number of rotatable bonds is 7. The highest BCUT2D eigenvalue weighted by Gasteiger charge is 2.07. The summed E-state index contributed by atoms with van der Waals surface area (Å²) < 4.78 is 10.4. The van der Waals surface area contributed by atoms with E-state index in [1.54, 1.807) is 31.4 Å². The van der Waals surface area contributed by atoms with E-state index >= 15 is 0 Å². The number of thiocarbonyl (C=S) groups is 1. The molecular formula is C19H21N3O4S. The summed E-state index contributed by atoms with van der Waals surface area (Å²) in [4.78, 5) is 23.6. The van der Waals surface area contributed by atoms with Crippen LogP contribution in [0.1, 0.15) is 12.0 Å². The van der Waals surface area contributed by atoms with Crippen LogP contribution in [-0.2, 0) is 16.0 Å². The second-order valence-corrected chi connectivity index (χ2v) is 5.91. The topological polar surface area (TPSA) is 88.7 Å². The van der Waals surface area contributed by atoms with Crippen LogP contribution in [-0.4, -0.2) is 30.6 Å². The zero-order valence-electron chi connectivity index (χ0n) is 14.9. The number of amides is 2. The Morgan fingerprint density at radius 1 is 0.926 bits per heavy atom. The maximum atomic E-state index is 11.8. The average Bonchev–Trinajstić information content (AvgIpc) is 2.70. The lowest BCUT2D eigenvalue weighted by Crippen LogP contribution is -2.49. The second-order valence-electron chi connectivity index (χ2n) is 5.50. The predicted octanol–water partition coefficient (Wildman–Crippen LogP) is 1.73. The molecule has 0 unspecified atom stereocenters. The zero-order chi connectivity index (χ0) is 19.5. The molecule has 0 saturated heterocycles. The van der Waals surface area contributed by atoms with Crippen LogP contribution in [0.2, 0.25) is 0 Å². The first kappa shape index (κ1) is 20.2. The molecule has 0 fully saturated rings. The van der Waals surface area contributed by atoms with Crippen LogP contribution in [0.15, 0.2) is 54.6 Å². The molecule has 0 atom stereocenters. The third-order valence-corrected chi connectivity index (χ3v) is 3.69. The largest absolute Gasteiger partial charge is 0.497 e. The van der Waals surface area contributed by atoms with Gasteiger partial charge in [0, 0.05) is 6.42 Å². The molecule has 0 aromatic heterocycles. The van der Waals surface area contributed by atoms with Gasteiger partial charge in [0.1, 0.15) is 11.5 Å². The number of carbonyl (C=O) groups excluding carboxylic acids is 2. The monoisotopic (exact) mass is 387 g/mol. The quantitative estimate of drug-likeness (QED) is 0.495. The normalized spacial score (nSPS) is 9.81. The van der Waals surface area contributed by atoms with Crippen LogP contribution in [0.4, 0.5) is 0 Å². The van der Waals surface area contributed by atoms with Gasteiger partial charge in [-0.2, -0.15) is 0 Å². The van der Waals surface area contributed by atoms with Crippen molar-refractivity contribution in [2.24, 2.45) is 0 Å². The number of carbonyl (C=O) groups is 2. The minimum Gasteiger partial charge on any atom is -0.497 e. The van der Waals surface area contributed by atoms with Crippen LogP contribution in [0, 0.1) is 0 Å². The molecule has 0 aliphatic rings. The lowest BCUT2D eigenvalue weighted by molar-refractivity contribution is -0.123. The van der Waals surface area contributed by atoms with Crippen molar-refractivity contribution in [2.45, 2.75) is 12.8 Å². The summed E-state index contributed by atoms with van der Waals surface area (Å²) in [6.07, 6.45) is 0.914. The molecule has 2 rings (SSSR count). The van der Waals surface area contributed by atoms with Crippen molar-refractivity contribution in [3.63, 3.8) is 0 Å². The highest BCUT2D eigenvalue weighted by atomic mass is 32.1. The molecule has 0 saturated carbocycles. The highest BCUT2D eigenvalue weighted by molar-refractivity contribution is 7.80. The van der Waals surface area contributed by atoms with Crippen molar-refractivity contribution in [1.29, 1.82) is 0 Å². The van der Waals surface area contributed by atoms with Gasteiger partial charge in [-0.15, -0.1) is 0 Å². The van der Waals surface area contributed by atoms with Crippen molar-refractivity contribution >= 4 is 29.1 Å². The molecule has 7 nitrogen and oxygen atoms in total. The maximum absolute atomic E-state index is 11.8. The molecule has 0 bridgehead atoms. The zero-order valence-corrected chi connectivity index (χ0v) is 15.7. The predicted molar refractivity (Wildman–Crippen MR) is 105 cm³/mol. The number of aryl methyl sites for hydroxylation is 1. The van der Waals surface area contributed by atoms with Gasteiger partial charge in [-0.25, -0.2) is 0 Å². The second kappa shape index (κ2) is 10.8. The van der Waals surface area contributed by atoms with Gasteiger partial charge in [-0.1, -0.05) is 30.3 Å². The Morgan fingerprint density at radius 3 is 2.26 bits per heavy atom. The van der Waals surface area contributed by atoms with Crippen LogP contribution >= 0.6 is 12.2 Å². The number of hydrazine groups is 1. The summed E-state index contributed by atoms with van der Waals surface area (Å²) in [5.41, 5.74) is 6.00. The molecular weight excluding hydrogens is 366 g/mol. The summed E-state index contributed by atoms with van der Waals surface area (Å²) in [6.45, 7) is -0.212. The number of methoxy groups -OCH3 is 1. The van der Waals surface area contributed by atoms with E-state index in [2.05, 4.69) is 16.2 Å². The van der Waals surface area contributed by atoms with Gasteiger partial charge in [-0.05, 0) is 48.5 Å². The lowest BCUT2D eigenvalue weighted by Gasteiger charge is -2.11. The van der Waals surface area contributed by atoms with E-state index in [1.165, 1.54) is 0 Å². The van der Waals surface area contributed by atoms with Crippen molar-refractivity contribution in [2.75, 3.05) is 13.7 Å². The number of ether oxygens (including phenoxy) is 2. The molecule has 0 aliphatic heterocycles. The van der Waals surface area contributed by atoms with Gasteiger partial charge in [0.2, 0.25) is 5.91 Å². The van der Waals surface area contributed by atoms with Crippen molar-refractivity contribution < 1.29 is 19.1 Å². The summed E-state index contributed by atoms with van der Waals surface area (Å²) in [5, 5.41) is 2.41. The number of benzene rings is 2. The van der Waals surface area contributed by atoms with E-state index in [4.69, 9.17) is 21.7 Å². The summed E-state index contributed by atoms with van der Waals surface area (Å²) in [7, 11) is 1.57. The first-order valence-electron chi connectivity index (χ1n) is 8.26. The number of hydrogen-bond acceptors (Lipinski definition) is 5. The van der Waals surface area contributed by atoms with E-state index in [9.17, 15) is 9.59 Å². The van der Waals surface area contributed by atoms with Crippen molar-refractivity contribution in [3.05, 3.63) is 60.2 Å². The summed E-state index contributed by atoms with van der Waals surface area (Å²) >= 11 is 4.96. The minimum absolute atomic E-state index is 0.00797. The van der Waals surface area contributed by atoms with E-state index in [0.29, 0.717) is 24.3 Å². The van der Waals surface area contributed by atoms with Gasteiger partial charge in [0.15, 0.2) is 11.7 Å². The summed E-state index contributed by atoms with van der Waals surface area (Å²) in [6, 6.07) is 16.5. The molecule has 8 heteroatoms. The van der Waals surface area contributed by atoms with Crippen LogP contribution in [0.3, 0.4) is 0 Å². The van der Waals surface area contributed by atoms with Gasteiger partial charge in [0.25, 0.3) is 5.91 Å². The van der Waals surface area contributed by atoms with E-state index in [-0.39, 0.29) is 17.6 Å². The number of hydrogen-bond donors (Lipinski definition) is 3. The molecule has 142 valence electrons. The molecule has 27 heavy (non-hydrogen) atoms. The molecule has 2 aromatic carbocycles. The maximum Gasteiger partial charge on any atom is 0.264 e. The van der Waals surface area contributed by atoms with E-state index in [0.717, 1.165) is 5.56 Å². The number of nitrogens with one attached hydrogen (secondary N) is 3. The van der Waals surface area contributed by atoms with Crippen molar-refractivity contribution in [3.8, 4) is 11.5 Å². The Bertz CT molecular complexity index is 766. The molecule has 2 aromatic rings. The van der Waals surface area contributed by atoms with Gasteiger partial charge < -0.3 is 9.47 Å².